The third-order valence-corrected chi connectivity index (χ3v) is 8.48. The third kappa shape index (κ3) is 4.06. The van der Waals surface area contributed by atoms with Gasteiger partial charge in [0.15, 0.2) is 5.28 Å². The molecule has 1 atom stereocenters. The number of nitrogens with zero attached hydrogens (tertiary/aromatic N) is 1. The summed E-state index contributed by atoms with van der Waals surface area (Å²) in [6.07, 6.45) is 4.91. The fourth-order valence-corrected chi connectivity index (χ4v) is 6.93. The Morgan fingerprint density at radius 3 is 2.12 bits per heavy atom. The van der Waals surface area contributed by atoms with Crippen molar-refractivity contribution in [2.24, 2.45) is 0 Å². The van der Waals surface area contributed by atoms with E-state index >= 15 is 0 Å². The van der Waals surface area contributed by atoms with Gasteiger partial charge in [-0.25, -0.2) is 0 Å². The summed E-state index contributed by atoms with van der Waals surface area (Å²) in [5, 5.41) is -1.09. The molecule has 1 heterocycles. The minimum atomic E-state index is -3.68. The number of para-hydroxylation sites is 1. The van der Waals surface area contributed by atoms with Crippen molar-refractivity contribution >= 4 is 19.4 Å². The van der Waals surface area contributed by atoms with Crippen molar-refractivity contribution in [3.05, 3.63) is 108 Å². The van der Waals surface area contributed by atoms with Gasteiger partial charge in [-0.15, -0.1) is 0 Å². The maximum Gasteiger partial charge on any atom is 0.364 e. The first-order chi connectivity index (χ1) is 15.6. The zero-order valence-corrected chi connectivity index (χ0v) is 19.6. The summed E-state index contributed by atoms with van der Waals surface area (Å²) in [5.41, 5.74) is 4.14. The van der Waals surface area contributed by atoms with Crippen LogP contribution >= 0.6 is 7.60 Å². The molecule has 1 aliphatic rings. The number of hydrogen-bond donors (Lipinski definition) is 0. The van der Waals surface area contributed by atoms with Gasteiger partial charge in [-0.2, -0.15) is 0 Å². The Balaban J connectivity index is 2.02. The molecular formula is C27H30NO3P. The Hall–Kier alpha value is -2.65. The summed E-state index contributed by atoms with van der Waals surface area (Å²) in [5.74, 6) is 0. The van der Waals surface area contributed by atoms with E-state index in [9.17, 15) is 4.57 Å². The second kappa shape index (κ2) is 9.87. The first-order valence-electron chi connectivity index (χ1n) is 11.2. The molecule has 3 aromatic rings. The Morgan fingerprint density at radius 2 is 1.47 bits per heavy atom. The quantitative estimate of drug-likeness (QED) is 0.353. The SMILES string of the molecule is CCOP(=O)(OCC)C1(/C=C/c2ccccc2)c2ccccc2CCN1c1ccccc1. The zero-order chi connectivity index (χ0) is 22.4. The molecule has 166 valence electrons. The van der Waals surface area contributed by atoms with E-state index in [0.717, 1.165) is 28.8 Å². The van der Waals surface area contributed by atoms with Crippen LogP contribution in [0.1, 0.15) is 30.5 Å². The van der Waals surface area contributed by atoms with Crippen LogP contribution in [0.5, 0.6) is 0 Å². The van der Waals surface area contributed by atoms with Crippen molar-refractivity contribution in [3.8, 4) is 0 Å². The van der Waals surface area contributed by atoms with Crippen LogP contribution in [0.25, 0.3) is 6.08 Å². The molecule has 32 heavy (non-hydrogen) atoms. The lowest BCUT2D eigenvalue weighted by atomic mass is 9.90. The van der Waals surface area contributed by atoms with Crippen LogP contribution in [0.15, 0.2) is 91.0 Å². The molecular weight excluding hydrogens is 417 g/mol. The predicted octanol–water partition coefficient (Wildman–Crippen LogP) is 6.88. The van der Waals surface area contributed by atoms with E-state index in [1.54, 1.807) is 0 Å². The first-order valence-corrected chi connectivity index (χ1v) is 12.7. The monoisotopic (exact) mass is 447 g/mol. The fraction of sp³-hybridized carbons (Fsp3) is 0.259. The van der Waals surface area contributed by atoms with Gasteiger partial charge in [0, 0.05) is 12.2 Å². The lowest BCUT2D eigenvalue weighted by molar-refractivity contribution is 0.200. The molecule has 1 unspecified atom stereocenters. The molecule has 0 saturated carbocycles. The average Bonchev–Trinajstić information content (AvgIpc) is 2.84. The Bertz CT molecular complexity index is 1090. The molecule has 0 N–H and O–H groups in total. The van der Waals surface area contributed by atoms with Gasteiger partial charge in [-0.05, 0) is 55.2 Å². The van der Waals surface area contributed by atoms with Crippen LogP contribution < -0.4 is 4.90 Å². The zero-order valence-electron chi connectivity index (χ0n) is 18.7. The summed E-state index contributed by atoms with van der Waals surface area (Å²) in [4.78, 5) is 2.20. The lowest BCUT2D eigenvalue weighted by Crippen LogP contribution is -2.50. The van der Waals surface area contributed by atoms with Gasteiger partial charge in [0.2, 0.25) is 0 Å². The maximum atomic E-state index is 14.7. The summed E-state index contributed by atoms with van der Waals surface area (Å²) >= 11 is 0. The molecule has 1 aliphatic heterocycles. The van der Waals surface area contributed by atoms with Crippen molar-refractivity contribution in [3.63, 3.8) is 0 Å². The van der Waals surface area contributed by atoms with Crippen LogP contribution in [0, 0.1) is 0 Å². The third-order valence-electron chi connectivity index (χ3n) is 5.82. The number of rotatable bonds is 8. The van der Waals surface area contributed by atoms with E-state index in [-0.39, 0.29) is 0 Å². The molecule has 0 amide bonds. The number of benzene rings is 3. The highest BCUT2D eigenvalue weighted by molar-refractivity contribution is 7.55. The van der Waals surface area contributed by atoms with Gasteiger partial charge in [-0.1, -0.05) is 78.9 Å². The highest BCUT2D eigenvalue weighted by Gasteiger charge is 2.57. The second-order valence-corrected chi connectivity index (χ2v) is 9.89. The van der Waals surface area contributed by atoms with Crippen molar-refractivity contribution in [1.82, 2.24) is 0 Å². The molecule has 0 radical (unpaired) electrons. The fourth-order valence-electron chi connectivity index (χ4n) is 4.50. The molecule has 5 heteroatoms. The summed E-state index contributed by atoms with van der Waals surface area (Å²) in [7, 11) is -3.68. The van der Waals surface area contributed by atoms with Crippen molar-refractivity contribution < 1.29 is 13.6 Å². The predicted molar refractivity (Wildman–Crippen MR) is 132 cm³/mol. The summed E-state index contributed by atoms with van der Waals surface area (Å²) < 4.78 is 26.8. The molecule has 0 fully saturated rings. The van der Waals surface area contributed by atoms with Gasteiger partial charge in [0.25, 0.3) is 0 Å². The lowest BCUT2D eigenvalue weighted by Gasteiger charge is -2.50. The van der Waals surface area contributed by atoms with E-state index < -0.39 is 12.9 Å². The van der Waals surface area contributed by atoms with Crippen LogP contribution in [-0.4, -0.2) is 19.8 Å². The first kappa shape index (κ1) is 22.5. The standard InChI is InChI=1S/C27H30NO3P/c1-3-30-32(29,31-4-2)27(21-19-23-13-7-5-8-14-23)26-18-12-11-15-24(26)20-22-28(27)25-16-9-6-10-17-25/h5-19,21H,3-4,20,22H2,1-2H3/b21-19+. The van der Waals surface area contributed by atoms with Gasteiger partial charge in [-0.3, -0.25) is 4.57 Å². The van der Waals surface area contributed by atoms with Crippen molar-refractivity contribution in [2.75, 3.05) is 24.7 Å². The molecule has 3 aromatic carbocycles. The number of anilines is 1. The van der Waals surface area contributed by atoms with E-state index in [0.29, 0.717) is 19.8 Å². The molecule has 0 spiro atoms. The summed E-state index contributed by atoms with van der Waals surface area (Å²) in [6, 6.07) is 28.4. The van der Waals surface area contributed by atoms with Crippen LogP contribution in [0.4, 0.5) is 5.69 Å². The Labute approximate surface area is 191 Å². The minimum Gasteiger partial charge on any atom is -0.348 e. The van der Waals surface area contributed by atoms with E-state index in [1.807, 2.05) is 86.7 Å². The van der Waals surface area contributed by atoms with Crippen molar-refractivity contribution in [1.29, 1.82) is 0 Å². The Morgan fingerprint density at radius 1 is 0.875 bits per heavy atom. The Kier molecular flexibility index (Phi) is 6.95. The number of hydrogen-bond acceptors (Lipinski definition) is 4. The van der Waals surface area contributed by atoms with E-state index in [4.69, 9.17) is 9.05 Å². The highest BCUT2D eigenvalue weighted by atomic mass is 31.2. The molecule has 0 bridgehead atoms. The minimum absolute atomic E-state index is 0.295. The van der Waals surface area contributed by atoms with Crippen LogP contribution in [-0.2, 0) is 25.3 Å². The topological polar surface area (TPSA) is 38.8 Å². The van der Waals surface area contributed by atoms with Gasteiger partial charge >= 0.3 is 7.60 Å². The van der Waals surface area contributed by atoms with E-state index in [2.05, 4.69) is 29.2 Å². The molecule has 0 aromatic heterocycles. The van der Waals surface area contributed by atoms with Crippen LogP contribution in [0.3, 0.4) is 0 Å². The molecule has 4 rings (SSSR count). The normalized spacial score (nSPS) is 18.6. The maximum absolute atomic E-state index is 14.7. The molecule has 0 saturated heterocycles. The second-order valence-electron chi connectivity index (χ2n) is 7.70. The smallest absolute Gasteiger partial charge is 0.348 e. The van der Waals surface area contributed by atoms with E-state index in [1.165, 1.54) is 0 Å². The molecule has 4 nitrogen and oxygen atoms in total. The summed E-state index contributed by atoms with van der Waals surface area (Å²) in [6.45, 7) is 5.01. The number of fused-ring (bicyclic) bond motifs is 1. The average molecular weight is 448 g/mol. The van der Waals surface area contributed by atoms with Gasteiger partial charge in [0.1, 0.15) is 0 Å². The largest absolute Gasteiger partial charge is 0.364 e. The highest BCUT2D eigenvalue weighted by Crippen LogP contribution is 2.69. The van der Waals surface area contributed by atoms with Crippen molar-refractivity contribution in [2.45, 2.75) is 25.5 Å². The van der Waals surface area contributed by atoms with Crippen LogP contribution in [0.2, 0.25) is 0 Å². The molecule has 0 aliphatic carbocycles. The van der Waals surface area contributed by atoms with Gasteiger partial charge in [0.05, 0.1) is 13.2 Å². The van der Waals surface area contributed by atoms with Gasteiger partial charge < -0.3 is 13.9 Å².